The normalized spacial score (nSPS) is 16.1. The van der Waals surface area contributed by atoms with E-state index in [4.69, 9.17) is 4.74 Å². The molecule has 0 fully saturated rings. The standard InChI is InChI=1S/C18H15FN4O2S/c1-10-9-23(13-6-3-5-12(19)14(13)25-10)18(24)15-11(2)22-17(26-15)16-20-7-4-8-21-16/h3-8,10H,9H2,1-2H3. The molecule has 6 nitrogen and oxygen atoms in total. The molecule has 1 unspecified atom stereocenters. The van der Waals surface area contributed by atoms with Crippen molar-refractivity contribution in [3.63, 3.8) is 0 Å². The lowest BCUT2D eigenvalue weighted by molar-refractivity contribution is 0.0962. The fraction of sp³-hybridized carbons (Fsp3) is 0.222. The molecular weight excluding hydrogens is 355 g/mol. The Bertz CT molecular complexity index is 977. The third-order valence-corrected chi connectivity index (χ3v) is 5.13. The largest absolute Gasteiger partial charge is 0.484 e. The Kier molecular flexibility index (Phi) is 4.12. The molecule has 3 heterocycles. The van der Waals surface area contributed by atoms with Crippen LogP contribution in [0.25, 0.3) is 10.8 Å². The Morgan fingerprint density at radius 1 is 1.31 bits per heavy atom. The molecule has 3 aromatic rings. The van der Waals surface area contributed by atoms with Crippen LogP contribution in [0.5, 0.6) is 5.75 Å². The molecule has 0 saturated heterocycles. The molecule has 0 spiro atoms. The van der Waals surface area contributed by atoms with E-state index in [1.54, 1.807) is 49.3 Å². The number of benzene rings is 1. The van der Waals surface area contributed by atoms with E-state index >= 15 is 0 Å². The van der Waals surface area contributed by atoms with Crippen LogP contribution in [0.3, 0.4) is 0 Å². The number of fused-ring (bicyclic) bond motifs is 1. The van der Waals surface area contributed by atoms with Gasteiger partial charge in [0.2, 0.25) is 0 Å². The molecule has 0 radical (unpaired) electrons. The second kappa shape index (κ2) is 6.45. The number of carbonyl (C=O) groups excluding carboxylic acids is 1. The van der Waals surface area contributed by atoms with Crippen LogP contribution in [0, 0.1) is 12.7 Å². The van der Waals surface area contributed by atoms with Crippen LogP contribution in [0.4, 0.5) is 10.1 Å². The maximum Gasteiger partial charge on any atom is 0.270 e. The number of aromatic nitrogens is 3. The number of hydrogen-bond acceptors (Lipinski definition) is 6. The molecule has 1 amide bonds. The number of anilines is 1. The highest BCUT2D eigenvalue weighted by molar-refractivity contribution is 7.17. The summed E-state index contributed by atoms with van der Waals surface area (Å²) in [7, 11) is 0. The fourth-order valence-corrected chi connectivity index (χ4v) is 3.80. The fourth-order valence-electron chi connectivity index (χ4n) is 2.84. The van der Waals surface area contributed by atoms with Gasteiger partial charge in [-0.05, 0) is 32.0 Å². The maximum absolute atomic E-state index is 14.1. The number of nitrogens with zero attached hydrogens (tertiary/aromatic N) is 4. The Labute approximate surface area is 153 Å². The predicted octanol–water partition coefficient (Wildman–Crippen LogP) is 3.48. The average molecular weight is 370 g/mol. The molecule has 1 atom stereocenters. The first-order chi connectivity index (χ1) is 12.5. The van der Waals surface area contributed by atoms with E-state index in [1.165, 1.54) is 17.4 Å². The van der Waals surface area contributed by atoms with Gasteiger partial charge in [-0.15, -0.1) is 11.3 Å². The smallest absolute Gasteiger partial charge is 0.270 e. The van der Waals surface area contributed by atoms with E-state index in [0.717, 1.165) is 0 Å². The van der Waals surface area contributed by atoms with Crippen molar-refractivity contribution in [2.45, 2.75) is 20.0 Å². The Morgan fingerprint density at radius 3 is 2.85 bits per heavy atom. The van der Waals surface area contributed by atoms with E-state index < -0.39 is 5.82 Å². The van der Waals surface area contributed by atoms with Gasteiger partial charge in [-0.3, -0.25) is 4.79 Å². The maximum atomic E-state index is 14.1. The molecule has 4 rings (SSSR count). The number of thiazole rings is 1. The zero-order valence-electron chi connectivity index (χ0n) is 14.1. The molecule has 1 aliphatic rings. The number of amides is 1. The van der Waals surface area contributed by atoms with Crippen LogP contribution >= 0.6 is 11.3 Å². The summed E-state index contributed by atoms with van der Waals surface area (Å²) in [6.45, 7) is 3.91. The van der Waals surface area contributed by atoms with Crippen molar-refractivity contribution < 1.29 is 13.9 Å². The average Bonchev–Trinajstić information content (AvgIpc) is 3.04. The van der Waals surface area contributed by atoms with Crippen LogP contribution < -0.4 is 9.64 Å². The minimum Gasteiger partial charge on any atom is -0.484 e. The highest BCUT2D eigenvalue weighted by atomic mass is 32.1. The first-order valence-electron chi connectivity index (χ1n) is 8.06. The number of hydrogen-bond donors (Lipinski definition) is 0. The number of aryl methyl sites for hydroxylation is 1. The Hall–Kier alpha value is -2.87. The Morgan fingerprint density at radius 2 is 2.08 bits per heavy atom. The first-order valence-corrected chi connectivity index (χ1v) is 8.88. The second-order valence-electron chi connectivity index (χ2n) is 5.94. The number of ether oxygens (including phenoxy) is 1. The molecule has 0 bridgehead atoms. The van der Waals surface area contributed by atoms with Crippen molar-refractivity contribution >= 4 is 22.9 Å². The van der Waals surface area contributed by atoms with Crippen molar-refractivity contribution in [2.24, 2.45) is 0 Å². The highest BCUT2D eigenvalue weighted by Gasteiger charge is 2.32. The van der Waals surface area contributed by atoms with Crippen LogP contribution in [0.2, 0.25) is 0 Å². The molecule has 132 valence electrons. The van der Waals surface area contributed by atoms with Gasteiger partial charge in [0.15, 0.2) is 22.4 Å². The van der Waals surface area contributed by atoms with Crippen molar-refractivity contribution in [1.82, 2.24) is 15.0 Å². The molecule has 0 saturated carbocycles. The summed E-state index contributed by atoms with van der Waals surface area (Å²) >= 11 is 1.23. The molecule has 26 heavy (non-hydrogen) atoms. The lowest BCUT2D eigenvalue weighted by Crippen LogP contribution is -2.42. The minimum atomic E-state index is -0.480. The van der Waals surface area contributed by atoms with Crippen LogP contribution in [0.15, 0.2) is 36.7 Å². The van der Waals surface area contributed by atoms with Gasteiger partial charge in [-0.25, -0.2) is 19.3 Å². The third kappa shape index (κ3) is 2.82. The van der Waals surface area contributed by atoms with Crippen LogP contribution in [-0.4, -0.2) is 33.5 Å². The van der Waals surface area contributed by atoms with Crippen LogP contribution in [-0.2, 0) is 0 Å². The SMILES string of the molecule is Cc1nc(-c2ncccn2)sc1C(=O)N1CC(C)Oc2c(F)cccc21. The summed E-state index contributed by atoms with van der Waals surface area (Å²) in [5.41, 5.74) is 1.03. The second-order valence-corrected chi connectivity index (χ2v) is 6.94. The van der Waals surface area contributed by atoms with E-state index in [9.17, 15) is 9.18 Å². The first kappa shape index (κ1) is 16.6. The topological polar surface area (TPSA) is 68.2 Å². The lowest BCUT2D eigenvalue weighted by atomic mass is 10.1. The molecule has 0 aliphatic carbocycles. The zero-order chi connectivity index (χ0) is 18.3. The van der Waals surface area contributed by atoms with Crippen LogP contribution in [0.1, 0.15) is 22.3 Å². The number of rotatable bonds is 2. The quantitative estimate of drug-likeness (QED) is 0.691. The summed E-state index contributed by atoms with van der Waals surface area (Å²) in [6.07, 6.45) is 2.94. The van der Waals surface area contributed by atoms with Gasteiger partial charge in [0, 0.05) is 12.4 Å². The lowest BCUT2D eigenvalue weighted by Gasteiger charge is -2.33. The van der Waals surface area contributed by atoms with Gasteiger partial charge in [0.25, 0.3) is 5.91 Å². The molecular formula is C18H15FN4O2S. The summed E-state index contributed by atoms with van der Waals surface area (Å²) < 4.78 is 19.7. The summed E-state index contributed by atoms with van der Waals surface area (Å²) in [5, 5.41) is 0.576. The van der Waals surface area contributed by atoms with Gasteiger partial charge in [-0.1, -0.05) is 6.07 Å². The molecule has 1 aliphatic heterocycles. The molecule has 8 heteroatoms. The summed E-state index contributed by atoms with van der Waals surface area (Å²) in [5.74, 6) is -0.134. The van der Waals surface area contributed by atoms with Crippen molar-refractivity contribution in [3.05, 3.63) is 53.0 Å². The highest BCUT2D eigenvalue weighted by Crippen LogP contribution is 2.37. The predicted molar refractivity (Wildman–Crippen MR) is 96.0 cm³/mol. The summed E-state index contributed by atoms with van der Waals surface area (Å²) in [4.78, 5) is 28.0. The van der Waals surface area contributed by atoms with E-state index in [-0.39, 0.29) is 17.8 Å². The monoisotopic (exact) mass is 370 g/mol. The van der Waals surface area contributed by atoms with E-state index in [1.807, 2.05) is 0 Å². The van der Waals surface area contributed by atoms with Crippen molar-refractivity contribution in [1.29, 1.82) is 0 Å². The van der Waals surface area contributed by atoms with Gasteiger partial charge in [0.05, 0.1) is 17.9 Å². The molecule has 2 aromatic heterocycles. The van der Waals surface area contributed by atoms with Gasteiger partial charge < -0.3 is 9.64 Å². The van der Waals surface area contributed by atoms with E-state index in [2.05, 4.69) is 15.0 Å². The van der Waals surface area contributed by atoms with Gasteiger partial charge in [-0.2, -0.15) is 0 Å². The number of para-hydroxylation sites is 1. The Balaban J connectivity index is 1.73. The zero-order valence-corrected chi connectivity index (χ0v) is 15.0. The van der Waals surface area contributed by atoms with Crippen molar-refractivity contribution in [3.8, 4) is 16.6 Å². The third-order valence-electron chi connectivity index (χ3n) is 3.99. The van der Waals surface area contributed by atoms with Gasteiger partial charge in [0.1, 0.15) is 11.0 Å². The molecule has 1 aromatic carbocycles. The van der Waals surface area contributed by atoms with Gasteiger partial charge >= 0.3 is 0 Å². The summed E-state index contributed by atoms with van der Waals surface area (Å²) in [6, 6.07) is 6.29. The van der Waals surface area contributed by atoms with E-state index in [0.29, 0.717) is 33.6 Å². The minimum absolute atomic E-state index is 0.105. The number of halogens is 1. The van der Waals surface area contributed by atoms with Crippen molar-refractivity contribution in [2.75, 3.05) is 11.4 Å². The number of carbonyl (C=O) groups is 1. The molecule has 0 N–H and O–H groups in total.